The number of hydrogen-bond donors (Lipinski definition) is 2. The average molecular weight is 474 g/mol. The van der Waals surface area contributed by atoms with Gasteiger partial charge in [0.05, 0.1) is 17.6 Å². The minimum Gasteiger partial charge on any atom is -0.490 e. The van der Waals surface area contributed by atoms with Gasteiger partial charge in [0.15, 0.2) is 0 Å². The van der Waals surface area contributed by atoms with E-state index in [0.29, 0.717) is 46.5 Å². The van der Waals surface area contributed by atoms with Crippen molar-refractivity contribution in [2.24, 2.45) is 0 Å². The predicted octanol–water partition coefficient (Wildman–Crippen LogP) is 4.03. The van der Waals surface area contributed by atoms with E-state index in [0.717, 1.165) is 18.1 Å². The van der Waals surface area contributed by atoms with Gasteiger partial charge in [-0.3, -0.25) is 14.8 Å². The number of nitrogens with one attached hydrogen (secondary N) is 2. The molecule has 0 fully saturated rings. The number of amides is 1. The molecular formula is C25H24FN7O2. The number of anilines is 3. The lowest BCUT2D eigenvalue weighted by molar-refractivity contribution is -0.111. The number of aromatic nitrogens is 4. The van der Waals surface area contributed by atoms with Crippen LogP contribution in [0, 0.1) is 5.82 Å². The van der Waals surface area contributed by atoms with Crippen molar-refractivity contribution >= 4 is 34.1 Å². The van der Waals surface area contributed by atoms with Gasteiger partial charge in [0.2, 0.25) is 11.9 Å². The third kappa shape index (κ3) is 5.92. The quantitative estimate of drug-likeness (QED) is 0.351. The van der Waals surface area contributed by atoms with Crippen LogP contribution in [0.1, 0.15) is 0 Å². The minimum atomic E-state index is -0.462. The van der Waals surface area contributed by atoms with Crippen molar-refractivity contribution in [1.82, 2.24) is 24.8 Å². The third-order valence-corrected chi connectivity index (χ3v) is 4.95. The number of fused-ring (bicyclic) bond motifs is 1. The number of halogens is 1. The summed E-state index contributed by atoms with van der Waals surface area (Å²) in [6.07, 6.45) is 7.12. The van der Waals surface area contributed by atoms with Crippen LogP contribution in [0.5, 0.6) is 5.75 Å². The Morgan fingerprint density at radius 2 is 2.03 bits per heavy atom. The molecule has 0 bridgehead atoms. The summed E-state index contributed by atoms with van der Waals surface area (Å²) in [6.45, 7) is 4.67. The molecule has 0 atom stereocenters. The van der Waals surface area contributed by atoms with Gasteiger partial charge >= 0.3 is 0 Å². The van der Waals surface area contributed by atoms with Gasteiger partial charge in [-0.1, -0.05) is 6.58 Å². The monoisotopic (exact) mass is 473 g/mol. The van der Waals surface area contributed by atoms with E-state index >= 15 is 0 Å². The van der Waals surface area contributed by atoms with E-state index in [2.05, 4.69) is 37.1 Å². The summed E-state index contributed by atoms with van der Waals surface area (Å²) >= 11 is 0. The van der Waals surface area contributed by atoms with Crippen molar-refractivity contribution in [2.45, 2.75) is 0 Å². The number of nitrogens with zero attached hydrogens (tertiary/aromatic N) is 5. The molecule has 0 aliphatic heterocycles. The minimum absolute atomic E-state index is 0.304. The van der Waals surface area contributed by atoms with Crippen molar-refractivity contribution in [1.29, 1.82) is 0 Å². The molecule has 1 amide bonds. The van der Waals surface area contributed by atoms with Gasteiger partial charge in [0.25, 0.3) is 0 Å². The van der Waals surface area contributed by atoms with Crippen LogP contribution in [-0.4, -0.2) is 58.0 Å². The maximum atomic E-state index is 13.7. The molecule has 3 aromatic heterocycles. The van der Waals surface area contributed by atoms with Crippen LogP contribution in [-0.2, 0) is 4.79 Å². The highest BCUT2D eigenvalue weighted by Gasteiger charge is 2.12. The Hall–Kier alpha value is -4.44. The van der Waals surface area contributed by atoms with Crippen LogP contribution in [0.3, 0.4) is 0 Å². The molecule has 0 unspecified atom stereocenters. The van der Waals surface area contributed by atoms with Crippen LogP contribution in [0.25, 0.3) is 22.2 Å². The standard InChI is InChI=1S/C25H24FN7O2/c1-4-22(34)31-20-12-19(5-6-21(20)35-10-9-33(2)3)30-25-29-14-16-7-8-28-23(24(16)32-25)17-11-18(26)15-27-13-17/h4-8,11-15H,1,9-10H2,2-3H3,(H,31,34)(H,29,30,32). The van der Waals surface area contributed by atoms with E-state index in [-0.39, 0.29) is 5.91 Å². The lowest BCUT2D eigenvalue weighted by Gasteiger charge is -2.16. The van der Waals surface area contributed by atoms with Crippen LogP contribution in [0.2, 0.25) is 0 Å². The molecule has 0 radical (unpaired) electrons. The highest BCUT2D eigenvalue weighted by Crippen LogP contribution is 2.30. The molecule has 0 saturated carbocycles. The van der Waals surface area contributed by atoms with Gasteiger partial charge in [0.1, 0.15) is 23.7 Å². The fraction of sp³-hybridized carbons (Fsp3) is 0.160. The zero-order valence-electron chi connectivity index (χ0n) is 19.3. The molecule has 3 heterocycles. The molecule has 35 heavy (non-hydrogen) atoms. The fourth-order valence-electron chi connectivity index (χ4n) is 3.25. The van der Waals surface area contributed by atoms with Crippen molar-refractivity contribution < 1.29 is 13.9 Å². The molecule has 9 nitrogen and oxygen atoms in total. The van der Waals surface area contributed by atoms with E-state index in [1.54, 1.807) is 36.7 Å². The summed E-state index contributed by atoms with van der Waals surface area (Å²) in [7, 11) is 3.90. The molecule has 10 heteroatoms. The summed E-state index contributed by atoms with van der Waals surface area (Å²) in [5.74, 6) is 0.00666. The second-order valence-electron chi connectivity index (χ2n) is 7.86. The Morgan fingerprint density at radius 1 is 1.17 bits per heavy atom. The summed E-state index contributed by atoms with van der Waals surface area (Å²) in [6, 6.07) is 8.40. The molecule has 0 saturated heterocycles. The summed E-state index contributed by atoms with van der Waals surface area (Å²) in [4.78, 5) is 31.2. The maximum Gasteiger partial charge on any atom is 0.247 e. The molecule has 1 aromatic carbocycles. The van der Waals surface area contributed by atoms with Crippen molar-refractivity contribution in [3.63, 3.8) is 0 Å². The molecule has 4 aromatic rings. The highest BCUT2D eigenvalue weighted by molar-refractivity contribution is 6.00. The molecule has 4 rings (SSSR count). The molecular weight excluding hydrogens is 449 g/mol. The van der Waals surface area contributed by atoms with Gasteiger partial charge in [-0.15, -0.1) is 0 Å². The van der Waals surface area contributed by atoms with Gasteiger partial charge < -0.3 is 20.3 Å². The first-order chi connectivity index (χ1) is 16.9. The SMILES string of the molecule is C=CC(=O)Nc1cc(Nc2ncc3ccnc(-c4cncc(F)c4)c3n2)ccc1OCCN(C)C. The molecule has 178 valence electrons. The summed E-state index contributed by atoms with van der Waals surface area (Å²) in [5, 5.41) is 6.64. The van der Waals surface area contributed by atoms with Gasteiger partial charge in [-0.25, -0.2) is 14.4 Å². The van der Waals surface area contributed by atoms with E-state index < -0.39 is 5.82 Å². The lowest BCUT2D eigenvalue weighted by Crippen LogP contribution is -2.20. The average Bonchev–Trinajstić information content (AvgIpc) is 2.84. The molecule has 2 N–H and O–H groups in total. The van der Waals surface area contributed by atoms with Crippen LogP contribution >= 0.6 is 0 Å². The van der Waals surface area contributed by atoms with E-state index in [9.17, 15) is 9.18 Å². The van der Waals surface area contributed by atoms with E-state index in [4.69, 9.17) is 4.74 Å². The third-order valence-electron chi connectivity index (χ3n) is 4.95. The second kappa shape index (κ2) is 10.7. The van der Waals surface area contributed by atoms with E-state index in [1.807, 2.05) is 19.0 Å². The first-order valence-corrected chi connectivity index (χ1v) is 10.8. The number of pyridine rings is 2. The van der Waals surface area contributed by atoms with Gasteiger partial charge in [-0.2, -0.15) is 0 Å². The van der Waals surface area contributed by atoms with E-state index in [1.165, 1.54) is 18.3 Å². The number of ether oxygens (including phenoxy) is 1. The Kier molecular flexibility index (Phi) is 7.22. The number of carbonyl (C=O) groups is 1. The largest absolute Gasteiger partial charge is 0.490 e. The molecule has 0 aliphatic rings. The first-order valence-electron chi connectivity index (χ1n) is 10.8. The van der Waals surface area contributed by atoms with Crippen LogP contribution < -0.4 is 15.4 Å². The molecule has 0 aliphatic carbocycles. The normalized spacial score (nSPS) is 10.9. The summed E-state index contributed by atoms with van der Waals surface area (Å²) < 4.78 is 19.6. The Balaban J connectivity index is 1.64. The van der Waals surface area contributed by atoms with Crippen molar-refractivity contribution in [3.8, 4) is 17.0 Å². The zero-order chi connectivity index (χ0) is 24.8. The molecule has 0 spiro atoms. The lowest BCUT2D eigenvalue weighted by atomic mass is 10.1. The number of carbonyl (C=O) groups excluding carboxylic acids is 1. The smallest absolute Gasteiger partial charge is 0.247 e. The van der Waals surface area contributed by atoms with Crippen molar-refractivity contribution in [2.75, 3.05) is 37.9 Å². The highest BCUT2D eigenvalue weighted by atomic mass is 19.1. The van der Waals surface area contributed by atoms with Gasteiger partial charge in [-0.05, 0) is 50.5 Å². The number of rotatable bonds is 9. The predicted molar refractivity (Wildman–Crippen MR) is 133 cm³/mol. The maximum absolute atomic E-state index is 13.7. The Bertz CT molecular complexity index is 1380. The van der Waals surface area contributed by atoms with Crippen LogP contribution in [0.4, 0.5) is 21.7 Å². The summed E-state index contributed by atoms with van der Waals surface area (Å²) in [5.41, 5.74) is 2.65. The van der Waals surface area contributed by atoms with Crippen molar-refractivity contribution in [3.05, 3.63) is 73.6 Å². The zero-order valence-corrected chi connectivity index (χ0v) is 19.3. The second-order valence-corrected chi connectivity index (χ2v) is 7.86. The first kappa shape index (κ1) is 23.7. The topological polar surface area (TPSA) is 105 Å². The Labute approximate surface area is 201 Å². The van der Waals surface area contributed by atoms with Gasteiger partial charge in [0, 0.05) is 41.8 Å². The van der Waals surface area contributed by atoms with Crippen LogP contribution in [0.15, 0.2) is 67.8 Å². The number of benzene rings is 1. The Morgan fingerprint density at radius 3 is 2.80 bits per heavy atom. The fourth-order valence-corrected chi connectivity index (χ4v) is 3.25. The number of likely N-dealkylation sites (N-methyl/N-ethyl adjacent to an activating group) is 1. The number of hydrogen-bond acceptors (Lipinski definition) is 8.